The van der Waals surface area contributed by atoms with Gasteiger partial charge in [-0.05, 0) is 13.0 Å². The molecule has 0 unspecified atom stereocenters. The molecule has 0 bridgehead atoms. The van der Waals surface area contributed by atoms with Gasteiger partial charge in [-0.3, -0.25) is 14.2 Å². The molecular formula is C13H17N3O7. The largest absolute Gasteiger partial charge is 0.456 e. The van der Waals surface area contributed by atoms with Crippen LogP contribution in [0.5, 0.6) is 0 Å². The Morgan fingerprint density at radius 3 is 2.65 bits per heavy atom. The number of Topliss-reactive ketones (excluding diaryl/α,β-unsaturated/α-hetero) is 1. The van der Waals surface area contributed by atoms with E-state index in [1.165, 1.54) is 12.3 Å². The molecule has 2 rings (SSSR count). The van der Waals surface area contributed by atoms with Crippen LogP contribution in [0.25, 0.3) is 0 Å². The molecule has 0 aromatic carbocycles. The van der Waals surface area contributed by atoms with Gasteiger partial charge >= 0.3 is 11.7 Å². The van der Waals surface area contributed by atoms with Gasteiger partial charge in [0.05, 0.1) is 6.61 Å². The van der Waals surface area contributed by atoms with Crippen molar-refractivity contribution >= 4 is 17.6 Å². The number of ether oxygens (including phenoxy) is 2. The summed E-state index contributed by atoms with van der Waals surface area (Å²) in [5, 5.41) is 20.2. The minimum atomic E-state index is -2.36. The van der Waals surface area contributed by atoms with Gasteiger partial charge in [0.25, 0.3) is 0 Å². The molecule has 10 nitrogen and oxygen atoms in total. The summed E-state index contributed by atoms with van der Waals surface area (Å²) in [5.74, 6) is -1.63. The van der Waals surface area contributed by atoms with Crippen molar-refractivity contribution in [2.75, 3.05) is 12.3 Å². The number of aliphatic hydroxyl groups is 2. The highest BCUT2D eigenvalue weighted by atomic mass is 16.6. The fourth-order valence-corrected chi connectivity index (χ4v) is 2.50. The van der Waals surface area contributed by atoms with Crippen LogP contribution < -0.4 is 11.4 Å². The Labute approximate surface area is 130 Å². The van der Waals surface area contributed by atoms with E-state index in [-0.39, 0.29) is 5.82 Å². The summed E-state index contributed by atoms with van der Waals surface area (Å²) >= 11 is 0. The molecular weight excluding hydrogens is 310 g/mol. The van der Waals surface area contributed by atoms with Crippen LogP contribution in [-0.2, 0) is 19.1 Å². The van der Waals surface area contributed by atoms with Crippen LogP contribution in [0.1, 0.15) is 20.1 Å². The third-order valence-electron chi connectivity index (χ3n) is 3.59. The van der Waals surface area contributed by atoms with Gasteiger partial charge in [-0.2, -0.15) is 4.98 Å². The minimum absolute atomic E-state index is 0.0501. The standard InChI is InChI=1S/C13H17N3O7/c1-6(18)13(21)10(22-7(2)19)8(5-17)23-11(13)16-4-3-9(14)15-12(16)20/h3-4,8,10-11,17,21H,5H2,1-2H3,(H2,14,15,20)/t8-,10-,11-,13-/m1/s1. The van der Waals surface area contributed by atoms with Crippen molar-refractivity contribution in [3.8, 4) is 0 Å². The molecule has 0 aliphatic carbocycles. The van der Waals surface area contributed by atoms with Gasteiger partial charge < -0.3 is 25.4 Å². The summed E-state index contributed by atoms with van der Waals surface area (Å²) in [6.45, 7) is 1.50. The topological polar surface area (TPSA) is 154 Å². The van der Waals surface area contributed by atoms with E-state index in [2.05, 4.69) is 4.98 Å². The van der Waals surface area contributed by atoms with Gasteiger partial charge in [0.2, 0.25) is 5.60 Å². The lowest BCUT2D eigenvalue weighted by Gasteiger charge is -2.30. The first-order chi connectivity index (χ1) is 10.7. The Bertz CT molecular complexity index is 688. The summed E-state index contributed by atoms with van der Waals surface area (Å²) in [6, 6.07) is 1.28. The molecule has 1 aromatic rings. The van der Waals surface area contributed by atoms with Crippen LogP contribution in [0.4, 0.5) is 5.82 Å². The molecule has 0 radical (unpaired) electrons. The predicted octanol–water partition coefficient (Wildman–Crippen LogP) is -2.03. The molecule has 126 valence electrons. The van der Waals surface area contributed by atoms with E-state index in [1.807, 2.05) is 0 Å². The van der Waals surface area contributed by atoms with Gasteiger partial charge in [-0.25, -0.2) is 4.79 Å². The van der Waals surface area contributed by atoms with E-state index in [9.17, 15) is 24.6 Å². The molecule has 0 saturated carbocycles. The number of aliphatic hydroxyl groups excluding tert-OH is 1. The molecule has 2 heterocycles. The lowest BCUT2D eigenvalue weighted by molar-refractivity contribution is -0.170. The molecule has 4 atom stereocenters. The van der Waals surface area contributed by atoms with Crippen molar-refractivity contribution in [3.05, 3.63) is 22.7 Å². The minimum Gasteiger partial charge on any atom is -0.456 e. The first-order valence-corrected chi connectivity index (χ1v) is 6.73. The highest BCUT2D eigenvalue weighted by Crippen LogP contribution is 2.40. The van der Waals surface area contributed by atoms with Crippen molar-refractivity contribution in [1.29, 1.82) is 0 Å². The van der Waals surface area contributed by atoms with Gasteiger partial charge in [0.15, 0.2) is 18.1 Å². The van der Waals surface area contributed by atoms with Gasteiger partial charge in [0.1, 0.15) is 11.9 Å². The number of nitrogens with two attached hydrogens (primary N) is 1. The number of rotatable bonds is 4. The number of aromatic nitrogens is 2. The van der Waals surface area contributed by atoms with Crippen LogP contribution in [0.2, 0.25) is 0 Å². The molecule has 1 aliphatic heterocycles. The number of anilines is 1. The maximum Gasteiger partial charge on any atom is 0.351 e. The number of nitrogen functional groups attached to an aromatic ring is 1. The van der Waals surface area contributed by atoms with Crippen molar-refractivity contribution < 1.29 is 29.3 Å². The molecule has 1 saturated heterocycles. The highest BCUT2D eigenvalue weighted by molar-refractivity contribution is 5.87. The second-order valence-electron chi connectivity index (χ2n) is 5.16. The fraction of sp³-hybridized carbons (Fsp3) is 0.538. The molecule has 23 heavy (non-hydrogen) atoms. The molecule has 10 heteroatoms. The summed E-state index contributed by atoms with van der Waals surface area (Å²) in [4.78, 5) is 38.7. The Hall–Kier alpha value is -2.30. The lowest BCUT2D eigenvalue weighted by Crippen LogP contribution is -2.55. The Morgan fingerprint density at radius 2 is 2.17 bits per heavy atom. The molecule has 1 aliphatic rings. The zero-order chi connectivity index (χ0) is 17.4. The number of carbonyl (C=O) groups is 2. The van der Waals surface area contributed by atoms with E-state index in [4.69, 9.17) is 15.2 Å². The summed E-state index contributed by atoms with van der Waals surface area (Å²) < 4.78 is 11.2. The first-order valence-electron chi connectivity index (χ1n) is 6.73. The van der Waals surface area contributed by atoms with Crippen LogP contribution >= 0.6 is 0 Å². The highest BCUT2D eigenvalue weighted by Gasteiger charge is 2.62. The third-order valence-corrected chi connectivity index (χ3v) is 3.59. The first kappa shape index (κ1) is 17.1. The molecule has 1 fully saturated rings. The van der Waals surface area contributed by atoms with E-state index in [0.717, 1.165) is 18.4 Å². The number of hydrogen-bond acceptors (Lipinski definition) is 9. The SMILES string of the molecule is CC(=O)O[C@@H]1[C@@H](CO)O[C@@H](n2ccc(N)nc2=O)[C@@]1(O)C(C)=O. The normalized spacial score (nSPS) is 30.2. The van der Waals surface area contributed by atoms with Crippen molar-refractivity contribution in [1.82, 2.24) is 9.55 Å². The average Bonchev–Trinajstić information content (AvgIpc) is 2.73. The number of nitrogens with zero attached hydrogens (tertiary/aromatic N) is 2. The van der Waals surface area contributed by atoms with Gasteiger partial charge in [0, 0.05) is 13.1 Å². The Morgan fingerprint density at radius 1 is 1.52 bits per heavy atom. The quantitative estimate of drug-likeness (QED) is 0.531. The third kappa shape index (κ3) is 2.83. The zero-order valence-electron chi connectivity index (χ0n) is 12.5. The molecule has 4 N–H and O–H groups in total. The summed E-state index contributed by atoms with van der Waals surface area (Å²) in [5.41, 5.74) is 2.17. The fourth-order valence-electron chi connectivity index (χ4n) is 2.50. The predicted molar refractivity (Wildman–Crippen MR) is 75.1 cm³/mol. The van der Waals surface area contributed by atoms with Crippen molar-refractivity contribution in [3.63, 3.8) is 0 Å². The average molecular weight is 327 g/mol. The monoisotopic (exact) mass is 327 g/mol. The van der Waals surface area contributed by atoms with E-state index < -0.39 is 48.1 Å². The van der Waals surface area contributed by atoms with Gasteiger partial charge in [-0.1, -0.05) is 0 Å². The van der Waals surface area contributed by atoms with Gasteiger partial charge in [-0.15, -0.1) is 0 Å². The molecule has 1 aromatic heterocycles. The maximum atomic E-state index is 12.0. The molecule has 0 amide bonds. The number of hydrogen-bond donors (Lipinski definition) is 3. The Kier molecular flexibility index (Phi) is 4.50. The van der Waals surface area contributed by atoms with E-state index in [1.54, 1.807) is 0 Å². The number of esters is 1. The number of carbonyl (C=O) groups excluding carboxylic acids is 2. The van der Waals surface area contributed by atoms with E-state index in [0.29, 0.717) is 0 Å². The maximum absolute atomic E-state index is 12.0. The summed E-state index contributed by atoms with van der Waals surface area (Å²) in [6.07, 6.45) is -3.00. The van der Waals surface area contributed by atoms with Crippen LogP contribution in [-0.4, -0.2) is 55.9 Å². The lowest BCUT2D eigenvalue weighted by atomic mass is 9.90. The van der Waals surface area contributed by atoms with Crippen LogP contribution in [0.15, 0.2) is 17.1 Å². The van der Waals surface area contributed by atoms with Crippen molar-refractivity contribution in [2.45, 2.75) is 37.9 Å². The second kappa shape index (κ2) is 6.07. The van der Waals surface area contributed by atoms with Crippen LogP contribution in [0, 0.1) is 0 Å². The smallest absolute Gasteiger partial charge is 0.351 e. The zero-order valence-corrected chi connectivity index (χ0v) is 12.5. The van der Waals surface area contributed by atoms with E-state index >= 15 is 0 Å². The number of ketones is 1. The van der Waals surface area contributed by atoms with Crippen molar-refractivity contribution in [2.24, 2.45) is 0 Å². The second-order valence-corrected chi connectivity index (χ2v) is 5.16. The van der Waals surface area contributed by atoms with Crippen LogP contribution in [0.3, 0.4) is 0 Å². The molecule has 0 spiro atoms. The summed E-state index contributed by atoms with van der Waals surface area (Å²) in [7, 11) is 0. The Balaban J connectivity index is 2.56.